The molecule has 1 aliphatic carbocycles. The van der Waals surface area contributed by atoms with Gasteiger partial charge >= 0.3 is 0 Å². The smallest absolute Gasteiger partial charge is 0.254 e. The van der Waals surface area contributed by atoms with E-state index in [-0.39, 0.29) is 11.3 Å². The van der Waals surface area contributed by atoms with E-state index in [9.17, 15) is 18.0 Å². The Bertz CT molecular complexity index is 495. The summed E-state index contributed by atoms with van der Waals surface area (Å²) in [6, 6.07) is 1.66. The quantitative estimate of drug-likeness (QED) is 0.672. The third kappa shape index (κ3) is 3.03. The predicted molar refractivity (Wildman–Crippen MR) is 65.6 cm³/mol. The summed E-state index contributed by atoms with van der Waals surface area (Å²) in [6.45, 7) is 0.311. The molecule has 0 heterocycles. The van der Waals surface area contributed by atoms with E-state index in [1.807, 2.05) is 0 Å². The van der Waals surface area contributed by atoms with Gasteiger partial charge in [0.15, 0.2) is 17.5 Å². The van der Waals surface area contributed by atoms with Crippen LogP contribution < -0.4 is 5.32 Å². The summed E-state index contributed by atoms with van der Waals surface area (Å²) in [4.78, 5) is 11.7. The van der Waals surface area contributed by atoms with Gasteiger partial charge in [0.1, 0.15) is 0 Å². The molecule has 1 amide bonds. The second kappa shape index (κ2) is 5.82. The Labute approximate surface area is 113 Å². The number of rotatable bonds is 3. The van der Waals surface area contributed by atoms with Crippen LogP contribution in [-0.4, -0.2) is 17.8 Å². The van der Waals surface area contributed by atoms with Crippen molar-refractivity contribution < 1.29 is 18.0 Å². The number of hydrogen-bond donors (Lipinski definition) is 1. The first-order valence-electron chi connectivity index (χ1n) is 6.06. The van der Waals surface area contributed by atoms with Crippen LogP contribution in [0, 0.1) is 23.4 Å². The maximum atomic E-state index is 13.4. The van der Waals surface area contributed by atoms with E-state index in [0.717, 1.165) is 31.4 Å². The highest BCUT2D eigenvalue weighted by Crippen LogP contribution is 2.29. The number of benzene rings is 1. The second-order valence-corrected chi connectivity index (χ2v) is 5.20. The molecule has 2 rings (SSSR count). The molecule has 1 saturated carbocycles. The van der Waals surface area contributed by atoms with E-state index in [1.165, 1.54) is 0 Å². The molecule has 0 aromatic heterocycles. The molecule has 1 N–H and O–H groups in total. The van der Waals surface area contributed by atoms with Crippen molar-refractivity contribution in [3.63, 3.8) is 0 Å². The summed E-state index contributed by atoms with van der Waals surface area (Å²) >= 11 is 6.05. The molecule has 1 aromatic rings. The van der Waals surface area contributed by atoms with Crippen LogP contribution in [0.1, 0.15) is 29.6 Å². The topological polar surface area (TPSA) is 29.1 Å². The molecule has 104 valence electrons. The summed E-state index contributed by atoms with van der Waals surface area (Å²) in [5.41, 5.74) is -0.497. The lowest BCUT2D eigenvalue weighted by Gasteiger charge is -2.14. The number of halogens is 4. The highest BCUT2D eigenvalue weighted by Gasteiger charge is 2.26. The SMILES string of the molecule is O=C(NCC1CCCC1Cl)c1ccc(F)c(F)c1F. The minimum atomic E-state index is -1.64. The van der Waals surface area contributed by atoms with Crippen LogP contribution in [0.2, 0.25) is 0 Å². The highest BCUT2D eigenvalue weighted by atomic mass is 35.5. The molecule has 1 aliphatic rings. The van der Waals surface area contributed by atoms with Gasteiger partial charge in [-0.2, -0.15) is 0 Å². The molecular formula is C13H13ClF3NO. The minimum absolute atomic E-state index is 0.00454. The lowest BCUT2D eigenvalue weighted by molar-refractivity contribution is 0.0942. The van der Waals surface area contributed by atoms with Crippen molar-refractivity contribution in [1.29, 1.82) is 0 Å². The van der Waals surface area contributed by atoms with Gasteiger partial charge < -0.3 is 5.32 Å². The van der Waals surface area contributed by atoms with Crippen molar-refractivity contribution >= 4 is 17.5 Å². The van der Waals surface area contributed by atoms with Crippen molar-refractivity contribution in [2.75, 3.05) is 6.54 Å². The van der Waals surface area contributed by atoms with E-state index in [1.54, 1.807) is 0 Å². The minimum Gasteiger partial charge on any atom is -0.352 e. The number of alkyl halides is 1. The lowest BCUT2D eigenvalue weighted by Crippen LogP contribution is -2.31. The zero-order chi connectivity index (χ0) is 14.0. The van der Waals surface area contributed by atoms with E-state index in [4.69, 9.17) is 11.6 Å². The molecule has 0 saturated heterocycles. The first-order chi connectivity index (χ1) is 9.00. The summed E-state index contributed by atoms with van der Waals surface area (Å²) in [7, 11) is 0. The molecule has 0 bridgehead atoms. The van der Waals surface area contributed by atoms with Crippen LogP contribution in [0.15, 0.2) is 12.1 Å². The van der Waals surface area contributed by atoms with E-state index in [0.29, 0.717) is 6.54 Å². The van der Waals surface area contributed by atoms with Gasteiger partial charge in [-0.3, -0.25) is 4.79 Å². The summed E-state index contributed by atoms with van der Waals surface area (Å²) in [6.07, 6.45) is 2.78. The van der Waals surface area contributed by atoms with Crippen LogP contribution >= 0.6 is 11.6 Å². The molecule has 2 unspecified atom stereocenters. The molecule has 2 atom stereocenters. The fraction of sp³-hybridized carbons (Fsp3) is 0.462. The van der Waals surface area contributed by atoms with Gasteiger partial charge in [-0.15, -0.1) is 11.6 Å². The highest BCUT2D eigenvalue weighted by molar-refractivity contribution is 6.21. The number of carbonyl (C=O) groups excluding carboxylic acids is 1. The van der Waals surface area contributed by atoms with Gasteiger partial charge in [0, 0.05) is 11.9 Å². The lowest BCUT2D eigenvalue weighted by atomic mass is 10.1. The third-order valence-electron chi connectivity index (χ3n) is 3.37. The number of amides is 1. The van der Waals surface area contributed by atoms with Crippen LogP contribution in [0.4, 0.5) is 13.2 Å². The normalized spacial score (nSPS) is 22.5. The molecule has 0 spiro atoms. The number of hydrogen-bond acceptors (Lipinski definition) is 1. The number of carbonyl (C=O) groups is 1. The fourth-order valence-electron chi connectivity index (χ4n) is 2.24. The third-order valence-corrected chi connectivity index (χ3v) is 3.95. The summed E-state index contributed by atoms with van der Waals surface area (Å²) < 4.78 is 39.1. The van der Waals surface area contributed by atoms with Gasteiger partial charge in [-0.25, -0.2) is 13.2 Å². The maximum absolute atomic E-state index is 13.4. The molecule has 0 aliphatic heterocycles. The van der Waals surface area contributed by atoms with Gasteiger partial charge in [-0.05, 0) is 30.9 Å². The summed E-state index contributed by atoms with van der Waals surface area (Å²) in [5, 5.41) is 2.50. The van der Waals surface area contributed by atoms with Gasteiger partial charge in [0.25, 0.3) is 5.91 Å². The Hall–Kier alpha value is -1.23. The van der Waals surface area contributed by atoms with Crippen molar-refractivity contribution in [2.45, 2.75) is 24.6 Å². The first-order valence-corrected chi connectivity index (χ1v) is 6.50. The van der Waals surface area contributed by atoms with Gasteiger partial charge in [-0.1, -0.05) is 6.42 Å². The summed E-state index contributed by atoms with van der Waals surface area (Å²) in [5.74, 6) is -5.04. The molecule has 6 heteroatoms. The van der Waals surface area contributed by atoms with Crippen molar-refractivity contribution in [3.05, 3.63) is 35.1 Å². The predicted octanol–water partition coefficient (Wildman–Crippen LogP) is 3.24. The number of nitrogens with one attached hydrogen (secondary N) is 1. The zero-order valence-corrected chi connectivity index (χ0v) is 10.8. The second-order valence-electron chi connectivity index (χ2n) is 4.64. The van der Waals surface area contributed by atoms with Gasteiger partial charge in [0.2, 0.25) is 0 Å². The van der Waals surface area contributed by atoms with E-state index < -0.39 is 28.9 Å². The Morgan fingerprint density at radius 3 is 2.63 bits per heavy atom. The van der Waals surface area contributed by atoms with Crippen molar-refractivity contribution in [1.82, 2.24) is 5.32 Å². The fourth-order valence-corrected chi connectivity index (χ4v) is 2.61. The van der Waals surface area contributed by atoms with Crippen LogP contribution in [0.3, 0.4) is 0 Å². The first kappa shape index (κ1) is 14.2. The Morgan fingerprint density at radius 2 is 2.00 bits per heavy atom. The maximum Gasteiger partial charge on any atom is 0.254 e. The van der Waals surface area contributed by atoms with Gasteiger partial charge in [0.05, 0.1) is 5.56 Å². The monoisotopic (exact) mass is 291 g/mol. The average Bonchev–Trinajstić information content (AvgIpc) is 2.79. The molecule has 19 heavy (non-hydrogen) atoms. The molecule has 1 aromatic carbocycles. The molecule has 0 radical (unpaired) electrons. The standard InChI is InChI=1S/C13H13ClF3NO/c14-9-3-1-2-7(9)6-18-13(19)8-4-5-10(15)12(17)11(8)16/h4-5,7,9H,1-3,6H2,(H,18,19). The Morgan fingerprint density at radius 1 is 1.26 bits per heavy atom. The molecule has 2 nitrogen and oxygen atoms in total. The average molecular weight is 292 g/mol. The van der Waals surface area contributed by atoms with E-state index >= 15 is 0 Å². The Kier molecular flexibility index (Phi) is 4.34. The molecule has 1 fully saturated rings. The van der Waals surface area contributed by atoms with Crippen molar-refractivity contribution in [3.8, 4) is 0 Å². The van der Waals surface area contributed by atoms with Crippen LogP contribution in [-0.2, 0) is 0 Å². The van der Waals surface area contributed by atoms with Crippen LogP contribution in [0.25, 0.3) is 0 Å². The molecular weight excluding hydrogens is 279 g/mol. The zero-order valence-electron chi connectivity index (χ0n) is 10.1. The van der Waals surface area contributed by atoms with Crippen LogP contribution in [0.5, 0.6) is 0 Å². The Balaban J connectivity index is 2.02. The van der Waals surface area contributed by atoms with E-state index in [2.05, 4.69) is 5.32 Å². The van der Waals surface area contributed by atoms with Crippen molar-refractivity contribution in [2.24, 2.45) is 5.92 Å². The largest absolute Gasteiger partial charge is 0.352 e.